The van der Waals surface area contributed by atoms with Crippen molar-refractivity contribution in [1.82, 2.24) is 15.0 Å². The molecule has 19 heavy (non-hydrogen) atoms. The van der Waals surface area contributed by atoms with E-state index < -0.39 is 0 Å². The van der Waals surface area contributed by atoms with E-state index >= 15 is 0 Å². The van der Waals surface area contributed by atoms with Crippen LogP contribution in [-0.2, 0) is 0 Å². The van der Waals surface area contributed by atoms with Crippen LogP contribution >= 0.6 is 0 Å². The van der Waals surface area contributed by atoms with Gasteiger partial charge in [-0.3, -0.25) is 0 Å². The Morgan fingerprint density at radius 1 is 0.684 bits per heavy atom. The van der Waals surface area contributed by atoms with E-state index in [9.17, 15) is 0 Å². The average Bonchev–Trinajstić information content (AvgIpc) is 2.39. The Hall–Kier alpha value is -2.89. The maximum atomic E-state index is 9.02. The van der Waals surface area contributed by atoms with E-state index in [-0.39, 0.29) is 17.6 Å². The highest BCUT2D eigenvalue weighted by Gasteiger charge is 1.92. The maximum Gasteiger partial charge on any atom is 0.217 e. The minimum Gasteiger partial charge on any atom is -0.493 e. The highest BCUT2D eigenvalue weighted by Crippen LogP contribution is 2.15. The lowest BCUT2D eigenvalue weighted by atomic mass is 10.2. The van der Waals surface area contributed by atoms with Gasteiger partial charge in [-0.1, -0.05) is 24.3 Å². The monoisotopic (exact) mass is 257 g/mol. The summed E-state index contributed by atoms with van der Waals surface area (Å²) in [7, 11) is 0. The van der Waals surface area contributed by atoms with Gasteiger partial charge in [0.15, 0.2) is 0 Å². The predicted molar refractivity (Wildman–Crippen MR) is 68.8 cm³/mol. The van der Waals surface area contributed by atoms with Crippen molar-refractivity contribution in [1.29, 1.82) is 0 Å². The van der Waals surface area contributed by atoms with E-state index in [2.05, 4.69) is 15.0 Å². The third-order valence-electron chi connectivity index (χ3n) is 2.25. The second-order valence-corrected chi connectivity index (χ2v) is 3.62. The first-order valence-corrected chi connectivity index (χ1v) is 5.39. The van der Waals surface area contributed by atoms with Crippen molar-refractivity contribution >= 4 is 10.8 Å². The van der Waals surface area contributed by atoms with Crippen LogP contribution in [0.1, 0.15) is 0 Å². The van der Waals surface area contributed by atoms with Crippen LogP contribution in [0.4, 0.5) is 0 Å². The first-order chi connectivity index (χ1) is 9.15. The number of rotatable bonds is 0. The molecule has 0 saturated carbocycles. The molecule has 0 fully saturated rings. The van der Waals surface area contributed by atoms with Gasteiger partial charge in [0.1, 0.15) is 6.33 Å². The molecule has 0 aliphatic heterocycles. The van der Waals surface area contributed by atoms with Crippen LogP contribution in [0.2, 0.25) is 0 Å². The fraction of sp³-hybridized carbons (Fsp3) is 0. The first kappa shape index (κ1) is 12.6. The molecule has 6 heteroatoms. The van der Waals surface area contributed by atoms with E-state index in [0.717, 1.165) is 23.2 Å². The SMILES string of the molecule is Oc1cc(O)ncn1.Oc1cc2ccccc2cn1. The van der Waals surface area contributed by atoms with Crippen molar-refractivity contribution in [2.45, 2.75) is 0 Å². The van der Waals surface area contributed by atoms with Crippen molar-refractivity contribution in [3.63, 3.8) is 0 Å². The number of aromatic nitrogens is 3. The molecule has 0 atom stereocenters. The average molecular weight is 257 g/mol. The summed E-state index contributed by atoms with van der Waals surface area (Å²) in [6, 6.07) is 10.5. The third-order valence-corrected chi connectivity index (χ3v) is 2.25. The molecule has 0 unspecified atom stereocenters. The molecular formula is C13H11N3O3. The van der Waals surface area contributed by atoms with Crippen molar-refractivity contribution in [3.8, 4) is 17.6 Å². The zero-order chi connectivity index (χ0) is 13.7. The van der Waals surface area contributed by atoms with Crippen molar-refractivity contribution in [3.05, 3.63) is 48.9 Å². The largest absolute Gasteiger partial charge is 0.493 e. The van der Waals surface area contributed by atoms with Crippen LogP contribution in [0, 0.1) is 0 Å². The molecule has 0 saturated heterocycles. The minimum atomic E-state index is -0.225. The lowest BCUT2D eigenvalue weighted by Gasteiger charge is -1.95. The van der Waals surface area contributed by atoms with Gasteiger partial charge in [0.2, 0.25) is 17.6 Å². The molecule has 3 aromatic rings. The fourth-order valence-electron chi connectivity index (χ4n) is 1.41. The van der Waals surface area contributed by atoms with Gasteiger partial charge in [0.25, 0.3) is 0 Å². The number of aromatic hydroxyl groups is 3. The fourth-order valence-corrected chi connectivity index (χ4v) is 1.41. The van der Waals surface area contributed by atoms with Crippen LogP contribution in [0.5, 0.6) is 17.6 Å². The van der Waals surface area contributed by atoms with Crippen LogP contribution in [-0.4, -0.2) is 30.3 Å². The summed E-state index contributed by atoms with van der Waals surface area (Å²) in [5.74, 6) is -0.376. The molecule has 0 aliphatic rings. The van der Waals surface area contributed by atoms with Crippen LogP contribution < -0.4 is 0 Å². The molecule has 3 N–H and O–H groups in total. The summed E-state index contributed by atoms with van der Waals surface area (Å²) in [6.07, 6.45) is 2.73. The van der Waals surface area contributed by atoms with Crippen molar-refractivity contribution in [2.75, 3.05) is 0 Å². The summed E-state index contributed by atoms with van der Waals surface area (Å²) < 4.78 is 0. The van der Waals surface area contributed by atoms with Crippen LogP contribution in [0.15, 0.2) is 48.9 Å². The van der Waals surface area contributed by atoms with Gasteiger partial charge in [0, 0.05) is 17.6 Å². The lowest BCUT2D eigenvalue weighted by molar-refractivity contribution is 0.421. The zero-order valence-electron chi connectivity index (χ0n) is 9.80. The molecule has 0 amide bonds. The number of nitrogens with zero attached hydrogens (tertiary/aromatic N) is 3. The van der Waals surface area contributed by atoms with Crippen molar-refractivity contribution in [2.24, 2.45) is 0 Å². The molecule has 1 aromatic carbocycles. The molecule has 0 bridgehead atoms. The Morgan fingerprint density at radius 2 is 1.26 bits per heavy atom. The quantitative estimate of drug-likeness (QED) is 0.568. The van der Waals surface area contributed by atoms with Gasteiger partial charge in [-0.2, -0.15) is 0 Å². The number of hydrogen-bond donors (Lipinski definition) is 3. The van der Waals surface area contributed by atoms with Crippen LogP contribution in [0.25, 0.3) is 10.8 Å². The molecule has 0 radical (unpaired) electrons. The van der Waals surface area contributed by atoms with Gasteiger partial charge in [0.05, 0.1) is 6.07 Å². The van der Waals surface area contributed by atoms with E-state index in [1.807, 2.05) is 24.3 Å². The summed E-state index contributed by atoms with van der Waals surface area (Å²) in [5.41, 5.74) is 0. The van der Waals surface area contributed by atoms with Gasteiger partial charge < -0.3 is 15.3 Å². The normalized spacial score (nSPS) is 9.68. The molecular weight excluding hydrogens is 246 g/mol. The maximum absolute atomic E-state index is 9.02. The second-order valence-electron chi connectivity index (χ2n) is 3.62. The number of fused-ring (bicyclic) bond motifs is 1. The van der Waals surface area contributed by atoms with E-state index in [1.54, 1.807) is 12.3 Å². The molecule has 6 nitrogen and oxygen atoms in total. The van der Waals surface area contributed by atoms with E-state index in [1.165, 1.54) is 0 Å². The van der Waals surface area contributed by atoms with Crippen LogP contribution in [0.3, 0.4) is 0 Å². The zero-order valence-corrected chi connectivity index (χ0v) is 9.80. The van der Waals surface area contributed by atoms with E-state index in [4.69, 9.17) is 15.3 Å². The number of benzene rings is 1. The molecule has 0 aliphatic carbocycles. The Morgan fingerprint density at radius 3 is 1.84 bits per heavy atom. The first-order valence-electron chi connectivity index (χ1n) is 5.39. The molecule has 0 spiro atoms. The Balaban J connectivity index is 0.000000148. The Kier molecular flexibility index (Phi) is 3.72. The highest BCUT2D eigenvalue weighted by atomic mass is 16.3. The van der Waals surface area contributed by atoms with Gasteiger partial charge in [-0.05, 0) is 5.39 Å². The third kappa shape index (κ3) is 3.53. The summed E-state index contributed by atoms with van der Waals surface area (Å²) in [6.45, 7) is 0. The number of hydrogen-bond acceptors (Lipinski definition) is 6. The highest BCUT2D eigenvalue weighted by molar-refractivity contribution is 5.82. The minimum absolute atomic E-state index is 0.0729. The number of pyridine rings is 1. The lowest BCUT2D eigenvalue weighted by Crippen LogP contribution is -1.75. The molecule has 2 heterocycles. The second kappa shape index (κ2) is 5.63. The summed E-state index contributed by atoms with van der Waals surface area (Å²) in [5, 5.41) is 28.1. The van der Waals surface area contributed by atoms with Gasteiger partial charge in [-0.25, -0.2) is 15.0 Å². The molecule has 96 valence electrons. The molecule has 3 rings (SSSR count). The van der Waals surface area contributed by atoms with Gasteiger partial charge in [-0.15, -0.1) is 0 Å². The topological polar surface area (TPSA) is 99.4 Å². The summed E-state index contributed by atoms with van der Waals surface area (Å²) in [4.78, 5) is 10.4. The Bertz CT molecular complexity index is 671. The standard InChI is InChI=1S/C9H7NO.C4H4N2O2/c11-9-5-7-3-1-2-4-8(7)6-10-9;7-3-1-4(8)6-2-5-3/h1-6H,(H,10,11);1-2H,(H2,5,6,7,8). The Labute approximate surface area is 108 Å². The predicted octanol–water partition coefficient (Wildman–Crippen LogP) is 1.83. The van der Waals surface area contributed by atoms with Crippen molar-refractivity contribution < 1.29 is 15.3 Å². The molecule has 2 aromatic heterocycles. The van der Waals surface area contributed by atoms with Gasteiger partial charge >= 0.3 is 0 Å². The smallest absolute Gasteiger partial charge is 0.217 e. The summed E-state index contributed by atoms with van der Waals surface area (Å²) >= 11 is 0. The van der Waals surface area contributed by atoms with E-state index in [0.29, 0.717) is 0 Å².